The first-order chi connectivity index (χ1) is 6.82. The summed E-state index contributed by atoms with van der Waals surface area (Å²) in [5.41, 5.74) is 7.75. The summed E-state index contributed by atoms with van der Waals surface area (Å²) in [6, 6.07) is 8.12. The molecule has 3 heteroatoms. The van der Waals surface area contributed by atoms with Crippen molar-refractivity contribution in [3.8, 4) is 0 Å². The van der Waals surface area contributed by atoms with Crippen LogP contribution >= 0.6 is 0 Å². The van der Waals surface area contributed by atoms with Crippen LogP contribution in [0.4, 0.5) is 5.69 Å². The SMILES string of the molecule is CN(C(=N)N)c1cccc(C(C)(C)C)c1. The number of anilines is 1. The highest BCUT2D eigenvalue weighted by Crippen LogP contribution is 2.25. The lowest BCUT2D eigenvalue weighted by Gasteiger charge is -2.23. The van der Waals surface area contributed by atoms with Crippen molar-refractivity contribution in [2.75, 3.05) is 11.9 Å². The molecule has 1 rings (SSSR count). The van der Waals surface area contributed by atoms with Gasteiger partial charge in [-0.2, -0.15) is 0 Å². The Morgan fingerprint density at radius 3 is 2.40 bits per heavy atom. The molecule has 0 radical (unpaired) electrons. The van der Waals surface area contributed by atoms with Crippen LogP contribution in [0.25, 0.3) is 0 Å². The van der Waals surface area contributed by atoms with Crippen molar-refractivity contribution < 1.29 is 0 Å². The average molecular weight is 205 g/mol. The van der Waals surface area contributed by atoms with E-state index in [1.54, 1.807) is 11.9 Å². The van der Waals surface area contributed by atoms with Crippen LogP contribution in [-0.2, 0) is 5.41 Å². The van der Waals surface area contributed by atoms with E-state index in [0.717, 1.165) is 5.69 Å². The van der Waals surface area contributed by atoms with Crippen LogP contribution < -0.4 is 10.6 Å². The molecule has 15 heavy (non-hydrogen) atoms. The molecule has 1 aromatic rings. The molecule has 0 aliphatic rings. The minimum atomic E-state index is 0.0565. The third-order valence-electron chi connectivity index (χ3n) is 2.46. The number of benzene rings is 1. The highest BCUT2D eigenvalue weighted by molar-refractivity contribution is 5.91. The number of hydrogen-bond acceptors (Lipinski definition) is 1. The van der Waals surface area contributed by atoms with Crippen molar-refractivity contribution in [3.63, 3.8) is 0 Å². The second kappa shape index (κ2) is 3.93. The van der Waals surface area contributed by atoms with E-state index in [1.165, 1.54) is 5.56 Å². The van der Waals surface area contributed by atoms with E-state index < -0.39 is 0 Å². The number of hydrogen-bond donors (Lipinski definition) is 2. The van der Waals surface area contributed by atoms with E-state index in [1.807, 2.05) is 12.1 Å². The lowest BCUT2D eigenvalue weighted by atomic mass is 9.87. The second-order valence-electron chi connectivity index (χ2n) is 4.74. The Bertz CT molecular complexity index is 363. The molecule has 3 nitrogen and oxygen atoms in total. The van der Waals surface area contributed by atoms with E-state index in [0.29, 0.717) is 0 Å². The number of nitrogens with one attached hydrogen (secondary N) is 1. The van der Waals surface area contributed by atoms with Gasteiger partial charge < -0.3 is 10.6 Å². The molecule has 0 aliphatic carbocycles. The fourth-order valence-electron chi connectivity index (χ4n) is 1.32. The largest absolute Gasteiger partial charge is 0.370 e. The average Bonchev–Trinajstić information content (AvgIpc) is 2.15. The zero-order valence-corrected chi connectivity index (χ0v) is 9.83. The van der Waals surface area contributed by atoms with Crippen LogP contribution in [-0.4, -0.2) is 13.0 Å². The van der Waals surface area contributed by atoms with E-state index in [2.05, 4.69) is 32.9 Å². The van der Waals surface area contributed by atoms with Gasteiger partial charge in [0, 0.05) is 12.7 Å². The fourth-order valence-corrected chi connectivity index (χ4v) is 1.32. The van der Waals surface area contributed by atoms with Gasteiger partial charge in [-0.25, -0.2) is 0 Å². The predicted octanol–water partition coefficient (Wildman–Crippen LogP) is 2.31. The fraction of sp³-hybridized carbons (Fsp3) is 0.417. The third-order valence-corrected chi connectivity index (χ3v) is 2.46. The minimum Gasteiger partial charge on any atom is -0.370 e. The zero-order chi connectivity index (χ0) is 11.6. The summed E-state index contributed by atoms with van der Waals surface area (Å²) < 4.78 is 0. The monoisotopic (exact) mass is 205 g/mol. The molecule has 0 saturated heterocycles. The van der Waals surface area contributed by atoms with Crippen molar-refractivity contribution in [3.05, 3.63) is 29.8 Å². The Balaban J connectivity index is 3.08. The first kappa shape index (κ1) is 11.6. The molecule has 0 aromatic heterocycles. The van der Waals surface area contributed by atoms with Gasteiger partial charge in [0.2, 0.25) is 0 Å². The molecule has 0 bridgehead atoms. The van der Waals surface area contributed by atoms with E-state index >= 15 is 0 Å². The molecule has 0 amide bonds. The van der Waals surface area contributed by atoms with Gasteiger partial charge in [0.25, 0.3) is 0 Å². The first-order valence-corrected chi connectivity index (χ1v) is 5.00. The molecular weight excluding hydrogens is 186 g/mol. The number of rotatable bonds is 1. The zero-order valence-electron chi connectivity index (χ0n) is 9.83. The molecule has 3 N–H and O–H groups in total. The highest BCUT2D eigenvalue weighted by Gasteiger charge is 2.14. The Labute approximate surface area is 91.4 Å². The van der Waals surface area contributed by atoms with Crippen LogP contribution in [0.2, 0.25) is 0 Å². The van der Waals surface area contributed by atoms with Gasteiger partial charge in [0.1, 0.15) is 0 Å². The van der Waals surface area contributed by atoms with E-state index in [4.69, 9.17) is 11.1 Å². The second-order valence-corrected chi connectivity index (χ2v) is 4.74. The lowest BCUT2D eigenvalue weighted by Crippen LogP contribution is -2.32. The summed E-state index contributed by atoms with van der Waals surface area (Å²) in [6.45, 7) is 6.50. The number of nitrogens with two attached hydrogens (primary N) is 1. The molecule has 0 fully saturated rings. The molecule has 0 atom stereocenters. The summed E-state index contributed by atoms with van der Waals surface area (Å²) >= 11 is 0. The summed E-state index contributed by atoms with van der Waals surface area (Å²) in [6.07, 6.45) is 0. The smallest absolute Gasteiger partial charge is 0.192 e. The Kier molecular flexibility index (Phi) is 3.03. The maximum atomic E-state index is 7.37. The predicted molar refractivity (Wildman–Crippen MR) is 65.5 cm³/mol. The van der Waals surface area contributed by atoms with Gasteiger partial charge >= 0.3 is 0 Å². The van der Waals surface area contributed by atoms with Gasteiger partial charge in [-0.15, -0.1) is 0 Å². The standard InChI is InChI=1S/C12H19N3/c1-12(2,3)9-6-5-7-10(8-9)15(4)11(13)14/h5-8H,1-4H3,(H3,13,14). The molecule has 0 unspecified atom stereocenters. The minimum absolute atomic E-state index is 0.0565. The maximum absolute atomic E-state index is 7.37. The molecule has 0 spiro atoms. The summed E-state index contributed by atoms with van der Waals surface area (Å²) in [4.78, 5) is 1.66. The van der Waals surface area contributed by atoms with Crippen LogP contribution in [0.3, 0.4) is 0 Å². The Morgan fingerprint density at radius 2 is 1.93 bits per heavy atom. The van der Waals surface area contributed by atoms with Crippen molar-refractivity contribution in [2.24, 2.45) is 5.73 Å². The first-order valence-electron chi connectivity index (χ1n) is 5.00. The molecule has 0 saturated carbocycles. The molecule has 0 heterocycles. The van der Waals surface area contributed by atoms with Gasteiger partial charge in [-0.05, 0) is 23.1 Å². The van der Waals surface area contributed by atoms with Gasteiger partial charge in [0.05, 0.1) is 0 Å². The van der Waals surface area contributed by atoms with Crippen molar-refractivity contribution in [2.45, 2.75) is 26.2 Å². The Hall–Kier alpha value is -1.51. The van der Waals surface area contributed by atoms with Crippen molar-refractivity contribution >= 4 is 11.6 Å². The van der Waals surface area contributed by atoms with Gasteiger partial charge in [-0.3, -0.25) is 5.41 Å². The van der Waals surface area contributed by atoms with Crippen LogP contribution in [0.5, 0.6) is 0 Å². The Morgan fingerprint density at radius 1 is 1.33 bits per heavy atom. The molecular formula is C12H19N3. The van der Waals surface area contributed by atoms with Crippen LogP contribution in [0.15, 0.2) is 24.3 Å². The van der Waals surface area contributed by atoms with Crippen molar-refractivity contribution in [1.29, 1.82) is 5.41 Å². The topological polar surface area (TPSA) is 53.1 Å². The summed E-state index contributed by atoms with van der Waals surface area (Å²) in [7, 11) is 1.80. The number of nitrogens with zero attached hydrogens (tertiary/aromatic N) is 1. The van der Waals surface area contributed by atoms with E-state index in [-0.39, 0.29) is 11.4 Å². The maximum Gasteiger partial charge on any atom is 0.192 e. The van der Waals surface area contributed by atoms with Crippen LogP contribution in [0.1, 0.15) is 26.3 Å². The highest BCUT2D eigenvalue weighted by atomic mass is 15.2. The van der Waals surface area contributed by atoms with Gasteiger partial charge in [-0.1, -0.05) is 32.9 Å². The molecule has 0 aliphatic heterocycles. The number of guanidine groups is 1. The lowest BCUT2D eigenvalue weighted by molar-refractivity contribution is 0.590. The summed E-state index contributed by atoms with van der Waals surface area (Å²) in [5.74, 6) is 0.0565. The van der Waals surface area contributed by atoms with Crippen LogP contribution in [0, 0.1) is 5.41 Å². The van der Waals surface area contributed by atoms with E-state index in [9.17, 15) is 0 Å². The summed E-state index contributed by atoms with van der Waals surface area (Å²) in [5, 5.41) is 7.37. The third kappa shape index (κ3) is 2.72. The molecule has 82 valence electrons. The normalized spacial score (nSPS) is 11.2. The van der Waals surface area contributed by atoms with Crippen molar-refractivity contribution in [1.82, 2.24) is 0 Å². The molecule has 1 aromatic carbocycles. The van der Waals surface area contributed by atoms with Gasteiger partial charge in [0.15, 0.2) is 5.96 Å². The quantitative estimate of drug-likeness (QED) is 0.546.